The standard InChI is InChI=1S/C17H24O4/c1-11-5-4-6-13(9-18)16(20)7-15-14(11)8-17(15,3)10-21-12(2)19/h6,14-15,18H,1,4-5,7-10H2,2-3H3/b13-6-/t14-,15+,17+/m0/s1. The van der Waals surface area contributed by atoms with E-state index in [-0.39, 0.29) is 29.7 Å². The number of aliphatic hydroxyl groups excluding tert-OH is 1. The van der Waals surface area contributed by atoms with Crippen LogP contribution >= 0.6 is 0 Å². The summed E-state index contributed by atoms with van der Waals surface area (Å²) in [6.45, 7) is 7.78. The van der Waals surface area contributed by atoms with Gasteiger partial charge in [0.25, 0.3) is 0 Å². The predicted octanol–water partition coefficient (Wildman–Crippen LogP) is 2.42. The molecule has 0 spiro atoms. The molecule has 0 unspecified atom stereocenters. The number of ether oxygens (including phenoxy) is 1. The molecule has 0 aromatic rings. The van der Waals surface area contributed by atoms with E-state index in [2.05, 4.69) is 13.5 Å². The van der Waals surface area contributed by atoms with Crippen LogP contribution in [0.2, 0.25) is 0 Å². The van der Waals surface area contributed by atoms with Gasteiger partial charge in [-0.05, 0) is 31.1 Å². The van der Waals surface area contributed by atoms with Gasteiger partial charge >= 0.3 is 5.97 Å². The second-order valence-corrected chi connectivity index (χ2v) is 6.56. The summed E-state index contributed by atoms with van der Waals surface area (Å²) < 4.78 is 5.18. The lowest BCUT2D eigenvalue weighted by atomic mass is 9.51. The number of fused-ring (bicyclic) bond motifs is 1. The summed E-state index contributed by atoms with van der Waals surface area (Å²) in [6.07, 6.45) is 4.74. The minimum absolute atomic E-state index is 0.0101. The molecule has 21 heavy (non-hydrogen) atoms. The summed E-state index contributed by atoms with van der Waals surface area (Å²) in [6, 6.07) is 0. The number of carbonyl (C=O) groups is 2. The molecule has 2 aliphatic carbocycles. The molecule has 1 N–H and O–H groups in total. The number of aliphatic hydroxyl groups is 1. The van der Waals surface area contributed by atoms with Crippen molar-refractivity contribution in [3.8, 4) is 0 Å². The van der Waals surface area contributed by atoms with Gasteiger partial charge in [-0.25, -0.2) is 0 Å². The van der Waals surface area contributed by atoms with Gasteiger partial charge in [-0.1, -0.05) is 25.2 Å². The number of esters is 1. The first-order valence-corrected chi connectivity index (χ1v) is 7.51. The molecule has 2 rings (SSSR count). The third kappa shape index (κ3) is 3.26. The smallest absolute Gasteiger partial charge is 0.302 e. The molecule has 0 amide bonds. The molecule has 4 heteroatoms. The lowest BCUT2D eigenvalue weighted by Gasteiger charge is -2.53. The molecule has 0 saturated heterocycles. The molecular weight excluding hydrogens is 268 g/mol. The number of Topliss-reactive ketones (excluding diaryl/α,β-unsaturated/α-hetero) is 1. The van der Waals surface area contributed by atoms with Crippen LogP contribution in [0.5, 0.6) is 0 Å². The van der Waals surface area contributed by atoms with Gasteiger partial charge in [-0.15, -0.1) is 0 Å². The summed E-state index contributed by atoms with van der Waals surface area (Å²) in [5.74, 6) is 0.186. The maximum Gasteiger partial charge on any atom is 0.302 e. The minimum Gasteiger partial charge on any atom is -0.465 e. The molecule has 0 radical (unpaired) electrons. The first-order chi connectivity index (χ1) is 9.87. The molecule has 1 saturated carbocycles. The molecule has 0 heterocycles. The number of allylic oxidation sites excluding steroid dienone is 2. The van der Waals surface area contributed by atoms with Crippen molar-refractivity contribution in [2.75, 3.05) is 13.2 Å². The summed E-state index contributed by atoms with van der Waals surface area (Å²) in [5.41, 5.74) is 1.51. The van der Waals surface area contributed by atoms with Gasteiger partial charge in [0.15, 0.2) is 5.78 Å². The zero-order valence-corrected chi connectivity index (χ0v) is 12.9. The average molecular weight is 292 g/mol. The second-order valence-electron chi connectivity index (χ2n) is 6.56. The number of rotatable bonds is 3. The number of carbonyl (C=O) groups excluding carboxylic acids is 2. The molecular formula is C17H24O4. The molecule has 0 aromatic carbocycles. The Morgan fingerprint density at radius 2 is 2.29 bits per heavy atom. The van der Waals surface area contributed by atoms with Crippen LogP contribution in [0.3, 0.4) is 0 Å². The van der Waals surface area contributed by atoms with Gasteiger partial charge in [-0.2, -0.15) is 0 Å². The predicted molar refractivity (Wildman–Crippen MR) is 79.5 cm³/mol. The summed E-state index contributed by atoms with van der Waals surface area (Å²) in [4.78, 5) is 23.4. The zero-order valence-electron chi connectivity index (χ0n) is 12.9. The van der Waals surface area contributed by atoms with Crippen LogP contribution < -0.4 is 0 Å². The Kier molecular flexibility index (Phi) is 4.67. The van der Waals surface area contributed by atoms with Gasteiger partial charge < -0.3 is 9.84 Å². The van der Waals surface area contributed by atoms with Crippen molar-refractivity contribution in [3.05, 3.63) is 23.8 Å². The lowest BCUT2D eigenvalue weighted by Crippen LogP contribution is -2.50. The van der Waals surface area contributed by atoms with Gasteiger partial charge in [0.2, 0.25) is 0 Å². The highest BCUT2D eigenvalue weighted by atomic mass is 16.5. The van der Waals surface area contributed by atoms with E-state index in [0.29, 0.717) is 24.5 Å². The fraction of sp³-hybridized carbons (Fsp3) is 0.647. The van der Waals surface area contributed by atoms with E-state index in [1.54, 1.807) is 0 Å². The molecule has 3 atom stereocenters. The Morgan fingerprint density at radius 1 is 1.57 bits per heavy atom. The monoisotopic (exact) mass is 292 g/mol. The lowest BCUT2D eigenvalue weighted by molar-refractivity contribution is -0.153. The van der Waals surface area contributed by atoms with Crippen LogP contribution in [0, 0.1) is 17.3 Å². The van der Waals surface area contributed by atoms with Crippen LogP contribution in [0.25, 0.3) is 0 Å². The van der Waals surface area contributed by atoms with Crippen LogP contribution in [0.15, 0.2) is 23.8 Å². The first kappa shape index (κ1) is 16.0. The largest absolute Gasteiger partial charge is 0.465 e. The van der Waals surface area contributed by atoms with E-state index in [0.717, 1.165) is 19.3 Å². The maximum absolute atomic E-state index is 12.3. The quantitative estimate of drug-likeness (QED) is 0.641. The Bertz CT molecular complexity index is 491. The summed E-state index contributed by atoms with van der Waals surface area (Å²) in [5, 5.41) is 9.33. The number of hydrogen-bond acceptors (Lipinski definition) is 4. The van der Waals surface area contributed by atoms with Crippen LogP contribution in [-0.2, 0) is 14.3 Å². The van der Waals surface area contributed by atoms with Crippen LogP contribution in [0.1, 0.15) is 39.5 Å². The Morgan fingerprint density at radius 3 is 2.90 bits per heavy atom. The maximum atomic E-state index is 12.3. The van der Waals surface area contributed by atoms with Crippen molar-refractivity contribution in [1.82, 2.24) is 0 Å². The van der Waals surface area contributed by atoms with Gasteiger partial charge in [-0.3, -0.25) is 9.59 Å². The van der Waals surface area contributed by atoms with E-state index in [4.69, 9.17) is 4.74 Å². The van der Waals surface area contributed by atoms with E-state index in [9.17, 15) is 14.7 Å². The highest BCUT2D eigenvalue weighted by molar-refractivity contribution is 5.95. The number of hydrogen-bond donors (Lipinski definition) is 1. The summed E-state index contributed by atoms with van der Waals surface area (Å²) in [7, 11) is 0. The van der Waals surface area contributed by atoms with E-state index >= 15 is 0 Å². The number of ketones is 1. The van der Waals surface area contributed by atoms with Gasteiger partial charge in [0, 0.05) is 24.3 Å². The summed E-state index contributed by atoms with van der Waals surface area (Å²) >= 11 is 0. The topological polar surface area (TPSA) is 63.6 Å². The van der Waals surface area contributed by atoms with Crippen molar-refractivity contribution >= 4 is 11.8 Å². The molecule has 2 aliphatic rings. The molecule has 0 aliphatic heterocycles. The van der Waals surface area contributed by atoms with Crippen molar-refractivity contribution in [3.63, 3.8) is 0 Å². The molecule has 4 nitrogen and oxygen atoms in total. The minimum atomic E-state index is -0.288. The van der Waals surface area contributed by atoms with E-state index < -0.39 is 0 Å². The Labute approximate surface area is 125 Å². The van der Waals surface area contributed by atoms with Crippen LogP contribution in [0.4, 0.5) is 0 Å². The second kappa shape index (κ2) is 6.14. The van der Waals surface area contributed by atoms with Crippen molar-refractivity contribution in [1.29, 1.82) is 0 Å². The average Bonchev–Trinajstić information content (AvgIpc) is 2.47. The zero-order chi connectivity index (χ0) is 15.6. The molecule has 1 fully saturated rings. The van der Waals surface area contributed by atoms with Crippen molar-refractivity contribution in [2.24, 2.45) is 17.3 Å². The van der Waals surface area contributed by atoms with E-state index in [1.807, 2.05) is 6.08 Å². The highest BCUT2D eigenvalue weighted by Gasteiger charge is 2.52. The normalized spacial score (nSPS) is 35.5. The third-order valence-corrected chi connectivity index (χ3v) is 4.99. The third-order valence-electron chi connectivity index (χ3n) is 4.99. The van der Waals surface area contributed by atoms with E-state index in [1.165, 1.54) is 12.5 Å². The molecule has 116 valence electrons. The SMILES string of the molecule is C=C1CC/C=C(/CO)C(=O)C[C@@H]2[C@H]1C[C@]2(C)COC(C)=O. The fourth-order valence-corrected chi connectivity index (χ4v) is 3.59. The molecule has 0 bridgehead atoms. The Balaban J connectivity index is 2.16. The van der Waals surface area contributed by atoms with Crippen molar-refractivity contribution < 1.29 is 19.4 Å². The fourth-order valence-electron chi connectivity index (χ4n) is 3.59. The Hall–Kier alpha value is -1.42. The first-order valence-electron chi connectivity index (χ1n) is 7.51. The molecule has 0 aromatic heterocycles. The van der Waals surface area contributed by atoms with Gasteiger partial charge in [0.1, 0.15) is 0 Å². The van der Waals surface area contributed by atoms with Crippen molar-refractivity contribution in [2.45, 2.75) is 39.5 Å². The van der Waals surface area contributed by atoms with Gasteiger partial charge in [0.05, 0.1) is 13.2 Å². The highest BCUT2D eigenvalue weighted by Crippen LogP contribution is 2.56. The van der Waals surface area contributed by atoms with Crippen LogP contribution in [-0.4, -0.2) is 30.1 Å².